The van der Waals surface area contributed by atoms with Gasteiger partial charge in [0.05, 0.1) is 18.2 Å². The first kappa shape index (κ1) is 42.1. The minimum absolute atomic E-state index is 0.00162. The highest BCUT2D eigenvalue weighted by Gasteiger charge is 2.55. The van der Waals surface area contributed by atoms with E-state index in [4.69, 9.17) is 18.9 Å². The van der Waals surface area contributed by atoms with Crippen LogP contribution in [-0.2, 0) is 55.7 Å². The van der Waals surface area contributed by atoms with E-state index in [-0.39, 0.29) is 43.4 Å². The molecule has 1 heterocycles. The zero-order valence-electron chi connectivity index (χ0n) is 31.2. The van der Waals surface area contributed by atoms with E-state index in [1.165, 1.54) is 30.3 Å². The zero-order chi connectivity index (χ0) is 40.7. The smallest absolute Gasteiger partial charge is 0.422 e. The van der Waals surface area contributed by atoms with E-state index in [0.717, 1.165) is 17.2 Å². The van der Waals surface area contributed by atoms with Crippen LogP contribution in [-0.4, -0.2) is 96.5 Å². The molecule has 1 spiro atoms. The molecule has 1 aliphatic heterocycles. The SMILES string of the molecule is CC(C)(C)OC(=O)CC[C@@H](CO)NC(=O)CCNC(=O)C1=C[C@H]2OC3(Cc4ccccc4C3)O[C@H]2[C@H](OC(=O)c2ccc(C=CC(=O)OCC(F)(F)F)cc2)C1. The number of amides is 2. The minimum Gasteiger partial charge on any atom is -0.460 e. The Bertz CT molecular complexity index is 1810. The van der Waals surface area contributed by atoms with Gasteiger partial charge in [0.2, 0.25) is 11.8 Å². The van der Waals surface area contributed by atoms with Crippen molar-refractivity contribution in [1.82, 2.24) is 10.6 Å². The van der Waals surface area contributed by atoms with Crippen LogP contribution in [0, 0.1) is 0 Å². The number of hydrogen-bond acceptors (Lipinski definition) is 11. The summed E-state index contributed by atoms with van der Waals surface area (Å²) in [4.78, 5) is 63.1. The average molecular weight is 787 g/mol. The monoisotopic (exact) mass is 786 g/mol. The van der Waals surface area contributed by atoms with Crippen LogP contribution in [0.15, 0.2) is 66.3 Å². The molecule has 13 nitrogen and oxygen atoms in total. The summed E-state index contributed by atoms with van der Waals surface area (Å²) in [6.07, 6.45) is -2.48. The molecular weight excluding hydrogens is 741 g/mol. The van der Waals surface area contributed by atoms with Crippen LogP contribution in [0.3, 0.4) is 0 Å². The van der Waals surface area contributed by atoms with Gasteiger partial charge in [-0.2, -0.15) is 13.2 Å². The fraction of sp³-hybridized carbons (Fsp3) is 0.475. The Balaban J connectivity index is 1.20. The Labute approximate surface area is 321 Å². The summed E-state index contributed by atoms with van der Waals surface area (Å²) >= 11 is 0. The summed E-state index contributed by atoms with van der Waals surface area (Å²) in [5.74, 6) is -4.37. The molecule has 16 heteroatoms. The standard InChI is InChI=1S/C40H45F3N2O11/c1-38(2,3)55-34(49)15-13-29(22-46)45-32(47)16-17-44-36(50)28-18-30(35-31(19-28)54-39(56-35)20-26-6-4-5-7-27(26)21-39)53-37(51)25-11-8-24(9-12-25)10-14-33(48)52-23-40(41,42)43/h4-12,14,19,29-31,35,46H,13,15-18,20-23H2,1-3H3,(H,44,50)(H,45,47)/t29-,30+,31+,35-/m0/s1. The van der Waals surface area contributed by atoms with E-state index >= 15 is 0 Å². The first-order valence-electron chi connectivity index (χ1n) is 18.2. The van der Waals surface area contributed by atoms with Gasteiger partial charge in [0.25, 0.3) is 0 Å². The van der Waals surface area contributed by atoms with Crippen molar-refractivity contribution in [3.8, 4) is 0 Å². The lowest BCUT2D eigenvalue weighted by Crippen LogP contribution is -2.44. The normalized spacial score (nSPS) is 20.4. The summed E-state index contributed by atoms with van der Waals surface area (Å²) in [6, 6.07) is 12.9. The molecule has 2 aliphatic carbocycles. The molecule has 2 amide bonds. The number of alkyl halides is 3. The number of fused-ring (bicyclic) bond motifs is 2. The van der Waals surface area contributed by atoms with Crippen molar-refractivity contribution < 1.29 is 65.9 Å². The van der Waals surface area contributed by atoms with Gasteiger partial charge in [0, 0.05) is 50.3 Å². The topological polar surface area (TPSA) is 176 Å². The molecule has 4 atom stereocenters. The third-order valence-electron chi connectivity index (χ3n) is 9.04. The Morgan fingerprint density at radius 2 is 1.66 bits per heavy atom. The molecule has 3 aliphatic rings. The maximum Gasteiger partial charge on any atom is 0.422 e. The van der Waals surface area contributed by atoms with Crippen molar-refractivity contribution in [2.45, 2.75) is 101 Å². The maximum absolute atomic E-state index is 13.4. The van der Waals surface area contributed by atoms with Crippen LogP contribution in [0.1, 0.15) is 73.5 Å². The van der Waals surface area contributed by atoms with E-state index in [2.05, 4.69) is 15.4 Å². The van der Waals surface area contributed by atoms with Gasteiger partial charge in [-0.15, -0.1) is 0 Å². The molecule has 56 heavy (non-hydrogen) atoms. The van der Waals surface area contributed by atoms with Gasteiger partial charge in [0.1, 0.15) is 23.9 Å². The van der Waals surface area contributed by atoms with E-state index in [1.807, 2.05) is 24.3 Å². The first-order chi connectivity index (χ1) is 26.4. The Morgan fingerprint density at radius 1 is 0.982 bits per heavy atom. The molecule has 0 bridgehead atoms. The molecule has 0 aromatic heterocycles. The lowest BCUT2D eigenvalue weighted by Gasteiger charge is -2.30. The lowest BCUT2D eigenvalue weighted by molar-refractivity contribution is -0.182. The van der Waals surface area contributed by atoms with Gasteiger partial charge in [-0.05, 0) is 68.2 Å². The number of nitrogens with one attached hydrogen (secondary N) is 2. The van der Waals surface area contributed by atoms with Crippen LogP contribution in [0.4, 0.5) is 13.2 Å². The van der Waals surface area contributed by atoms with Crippen molar-refractivity contribution in [1.29, 1.82) is 0 Å². The van der Waals surface area contributed by atoms with Crippen LogP contribution < -0.4 is 10.6 Å². The van der Waals surface area contributed by atoms with E-state index in [9.17, 15) is 42.3 Å². The first-order valence-corrected chi connectivity index (χ1v) is 18.2. The second-order valence-electron chi connectivity index (χ2n) is 14.8. The molecule has 5 rings (SSSR count). The van der Waals surface area contributed by atoms with Crippen molar-refractivity contribution in [2.24, 2.45) is 0 Å². The number of halogens is 3. The van der Waals surface area contributed by atoms with Crippen molar-refractivity contribution in [2.75, 3.05) is 19.8 Å². The van der Waals surface area contributed by atoms with Crippen LogP contribution in [0.25, 0.3) is 6.08 Å². The Hall–Kier alpha value is -5.06. The van der Waals surface area contributed by atoms with E-state index < -0.39 is 84.9 Å². The summed E-state index contributed by atoms with van der Waals surface area (Å²) in [5, 5.41) is 15.1. The third-order valence-corrected chi connectivity index (χ3v) is 9.04. The zero-order valence-corrected chi connectivity index (χ0v) is 31.2. The molecule has 3 N–H and O–H groups in total. The number of hydrogen-bond donors (Lipinski definition) is 3. The second-order valence-corrected chi connectivity index (χ2v) is 14.8. The fourth-order valence-corrected chi connectivity index (χ4v) is 6.56. The maximum atomic E-state index is 13.4. The van der Waals surface area contributed by atoms with Crippen LogP contribution in [0.2, 0.25) is 0 Å². The molecule has 0 unspecified atom stereocenters. The molecule has 302 valence electrons. The minimum atomic E-state index is -4.65. The number of ether oxygens (including phenoxy) is 5. The number of benzene rings is 2. The average Bonchev–Trinajstić information content (AvgIpc) is 3.68. The summed E-state index contributed by atoms with van der Waals surface area (Å²) < 4.78 is 65.2. The molecule has 0 radical (unpaired) electrons. The van der Waals surface area contributed by atoms with Gasteiger partial charge in [-0.25, -0.2) is 9.59 Å². The van der Waals surface area contributed by atoms with E-state index in [0.29, 0.717) is 18.4 Å². The molecular formula is C40H45F3N2O11. The highest BCUT2D eigenvalue weighted by Crippen LogP contribution is 2.45. The number of aliphatic hydroxyl groups is 1. The Morgan fingerprint density at radius 3 is 2.29 bits per heavy atom. The summed E-state index contributed by atoms with van der Waals surface area (Å²) in [6.45, 7) is 3.06. The molecule has 1 saturated heterocycles. The van der Waals surface area contributed by atoms with Gasteiger partial charge in [-0.1, -0.05) is 36.4 Å². The highest BCUT2D eigenvalue weighted by molar-refractivity contribution is 5.94. The number of carbonyl (C=O) groups excluding carboxylic acids is 5. The number of esters is 3. The Kier molecular flexibility index (Phi) is 13.4. The molecule has 1 fully saturated rings. The van der Waals surface area contributed by atoms with Gasteiger partial charge >= 0.3 is 24.1 Å². The van der Waals surface area contributed by atoms with Gasteiger partial charge < -0.3 is 39.4 Å². The quantitative estimate of drug-likeness (QED) is 0.143. The predicted octanol–water partition coefficient (Wildman–Crippen LogP) is 4.05. The summed E-state index contributed by atoms with van der Waals surface area (Å²) in [5.41, 5.74) is 2.23. The van der Waals surface area contributed by atoms with Gasteiger partial charge in [-0.3, -0.25) is 14.4 Å². The van der Waals surface area contributed by atoms with Crippen LogP contribution >= 0.6 is 0 Å². The fourth-order valence-electron chi connectivity index (χ4n) is 6.56. The second kappa shape index (κ2) is 17.8. The molecule has 2 aromatic rings. The predicted molar refractivity (Wildman–Crippen MR) is 192 cm³/mol. The van der Waals surface area contributed by atoms with Crippen molar-refractivity contribution in [3.63, 3.8) is 0 Å². The van der Waals surface area contributed by atoms with Gasteiger partial charge in [0.15, 0.2) is 12.4 Å². The number of carbonyl (C=O) groups is 5. The molecule has 2 aromatic carbocycles. The highest BCUT2D eigenvalue weighted by atomic mass is 19.4. The number of rotatable bonds is 14. The van der Waals surface area contributed by atoms with Crippen LogP contribution in [0.5, 0.6) is 0 Å². The lowest BCUT2D eigenvalue weighted by atomic mass is 9.91. The summed E-state index contributed by atoms with van der Waals surface area (Å²) in [7, 11) is 0. The third kappa shape index (κ3) is 12.0. The van der Waals surface area contributed by atoms with Crippen molar-refractivity contribution >= 4 is 35.8 Å². The largest absolute Gasteiger partial charge is 0.460 e. The van der Waals surface area contributed by atoms with Crippen molar-refractivity contribution in [3.05, 3.63) is 88.5 Å². The number of aliphatic hydroxyl groups excluding tert-OH is 1. The molecule has 0 saturated carbocycles. The van der Waals surface area contributed by atoms with E-state index in [1.54, 1.807) is 26.8 Å².